The summed E-state index contributed by atoms with van der Waals surface area (Å²) in [6, 6.07) is 0. The number of hydrogen-bond donors (Lipinski definition) is 2. The molecular formula is C12H17F3N2O3S. The third-order valence-corrected chi connectivity index (χ3v) is 3.35. The third kappa shape index (κ3) is 5.88. The van der Waals surface area contributed by atoms with Crippen LogP contribution in [0.4, 0.5) is 23.1 Å². The molecule has 120 valence electrons. The van der Waals surface area contributed by atoms with Gasteiger partial charge in [-0.3, -0.25) is 5.32 Å². The molecule has 1 aromatic rings. The predicted molar refractivity (Wildman–Crippen MR) is 72.5 cm³/mol. The third-order valence-electron chi connectivity index (χ3n) is 2.26. The van der Waals surface area contributed by atoms with E-state index in [9.17, 15) is 18.0 Å². The van der Waals surface area contributed by atoms with E-state index in [4.69, 9.17) is 9.84 Å². The number of hydrogen-bond acceptors (Lipinski definition) is 5. The number of nitrogens with one attached hydrogen (secondary N) is 1. The molecule has 0 aliphatic rings. The van der Waals surface area contributed by atoms with Gasteiger partial charge in [0.1, 0.15) is 5.60 Å². The van der Waals surface area contributed by atoms with Gasteiger partial charge in [-0.05, 0) is 27.7 Å². The number of nitrogens with zero attached hydrogens (tertiary/aromatic N) is 1. The molecule has 0 saturated carbocycles. The van der Waals surface area contributed by atoms with Crippen molar-refractivity contribution in [2.75, 3.05) is 5.32 Å². The van der Waals surface area contributed by atoms with Crippen molar-refractivity contribution < 1.29 is 27.8 Å². The second-order valence-electron chi connectivity index (χ2n) is 5.42. The Balaban J connectivity index is 2.72. The standard InChI is InChI=1S/C12H17F3N2O3S/c1-6-7(5-8(18)12(13,14)15)21-9(16-6)17-10(19)20-11(2,3)4/h8,18H,5H2,1-4H3,(H,16,17,19). The molecule has 0 spiro atoms. The van der Waals surface area contributed by atoms with Gasteiger partial charge in [-0.2, -0.15) is 13.2 Å². The van der Waals surface area contributed by atoms with Gasteiger partial charge in [0, 0.05) is 11.3 Å². The first-order chi connectivity index (χ1) is 9.38. The van der Waals surface area contributed by atoms with Crippen molar-refractivity contribution in [1.82, 2.24) is 4.98 Å². The quantitative estimate of drug-likeness (QED) is 0.894. The van der Waals surface area contributed by atoms with Gasteiger partial charge >= 0.3 is 12.3 Å². The summed E-state index contributed by atoms with van der Waals surface area (Å²) in [7, 11) is 0. The van der Waals surface area contributed by atoms with E-state index in [0.29, 0.717) is 5.69 Å². The Morgan fingerprint density at radius 3 is 2.48 bits per heavy atom. The van der Waals surface area contributed by atoms with Crippen LogP contribution in [0.15, 0.2) is 0 Å². The molecule has 1 aromatic heterocycles. The molecule has 9 heteroatoms. The van der Waals surface area contributed by atoms with Crippen LogP contribution in [0.25, 0.3) is 0 Å². The number of aromatic nitrogens is 1. The maximum Gasteiger partial charge on any atom is 0.414 e. The summed E-state index contributed by atoms with van der Waals surface area (Å²) in [5.41, 5.74) is -0.361. The zero-order chi connectivity index (χ0) is 16.4. The minimum absolute atomic E-state index is 0.131. The highest BCUT2D eigenvalue weighted by molar-refractivity contribution is 7.15. The summed E-state index contributed by atoms with van der Waals surface area (Å²) in [5.74, 6) is 0. The highest BCUT2D eigenvalue weighted by Crippen LogP contribution is 2.29. The number of aliphatic hydroxyl groups excluding tert-OH is 1. The molecule has 1 unspecified atom stereocenters. The number of ether oxygens (including phenoxy) is 1. The fourth-order valence-electron chi connectivity index (χ4n) is 1.35. The van der Waals surface area contributed by atoms with Gasteiger partial charge < -0.3 is 9.84 Å². The van der Waals surface area contributed by atoms with Gasteiger partial charge in [0.2, 0.25) is 0 Å². The summed E-state index contributed by atoms with van der Waals surface area (Å²) in [6.07, 6.45) is -8.47. The average molecular weight is 326 g/mol. The lowest BCUT2D eigenvalue weighted by atomic mass is 10.2. The van der Waals surface area contributed by atoms with Gasteiger partial charge in [-0.15, -0.1) is 11.3 Å². The van der Waals surface area contributed by atoms with Gasteiger partial charge in [0.05, 0.1) is 5.69 Å². The Bertz CT molecular complexity index is 509. The second kappa shape index (κ2) is 6.18. The van der Waals surface area contributed by atoms with Crippen molar-refractivity contribution in [2.45, 2.75) is 52.0 Å². The summed E-state index contributed by atoms with van der Waals surface area (Å²) < 4.78 is 42.0. The number of thiazole rings is 1. The predicted octanol–water partition coefficient (Wildman–Crippen LogP) is 3.26. The van der Waals surface area contributed by atoms with Crippen LogP contribution in [0.1, 0.15) is 31.3 Å². The first-order valence-corrected chi connectivity index (χ1v) is 6.91. The number of carbonyl (C=O) groups is 1. The topological polar surface area (TPSA) is 71.5 Å². The summed E-state index contributed by atoms with van der Waals surface area (Å²) in [6.45, 7) is 6.57. The van der Waals surface area contributed by atoms with E-state index in [-0.39, 0.29) is 10.0 Å². The molecule has 0 aliphatic carbocycles. The van der Waals surface area contributed by atoms with E-state index in [0.717, 1.165) is 11.3 Å². The highest BCUT2D eigenvalue weighted by atomic mass is 32.1. The lowest BCUT2D eigenvalue weighted by molar-refractivity contribution is -0.202. The number of rotatable bonds is 3. The van der Waals surface area contributed by atoms with Crippen molar-refractivity contribution in [2.24, 2.45) is 0 Å². The molecule has 0 aliphatic heterocycles. The largest absolute Gasteiger partial charge is 0.444 e. The lowest BCUT2D eigenvalue weighted by Gasteiger charge is -2.18. The minimum atomic E-state index is -4.69. The zero-order valence-corrected chi connectivity index (χ0v) is 12.9. The van der Waals surface area contributed by atoms with Crippen LogP contribution in [-0.2, 0) is 11.2 Å². The molecule has 5 nitrogen and oxygen atoms in total. The second-order valence-corrected chi connectivity index (χ2v) is 6.50. The van der Waals surface area contributed by atoms with Crippen LogP contribution in [0.2, 0.25) is 0 Å². The monoisotopic (exact) mass is 326 g/mol. The molecule has 0 bridgehead atoms. The molecule has 2 N–H and O–H groups in total. The number of aryl methyl sites for hydroxylation is 1. The zero-order valence-electron chi connectivity index (χ0n) is 12.0. The number of carbonyl (C=O) groups excluding carboxylic acids is 1. The maximum absolute atomic E-state index is 12.3. The first-order valence-electron chi connectivity index (χ1n) is 6.09. The molecule has 1 rings (SSSR count). The Hall–Kier alpha value is -1.35. The summed E-state index contributed by atoms with van der Waals surface area (Å²) in [4.78, 5) is 15.7. The Kier molecular flexibility index (Phi) is 5.21. The fraction of sp³-hybridized carbons (Fsp3) is 0.667. The van der Waals surface area contributed by atoms with Crippen LogP contribution in [0.3, 0.4) is 0 Å². The summed E-state index contributed by atoms with van der Waals surface area (Å²) in [5, 5.41) is 11.5. The van der Waals surface area contributed by atoms with Crippen molar-refractivity contribution in [3.63, 3.8) is 0 Å². The Morgan fingerprint density at radius 1 is 1.43 bits per heavy atom. The molecule has 0 radical (unpaired) electrons. The van der Waals surface area contributed by atoms with Crippen LogP contribution >= 0.6 is 11.3 Å². The number of anilines is 1. The van der Waals surface area contributed by atoms with Crippen LogP contribution in [-0.4, -0.2) is 34.1 Å². The van der Waals surface area contributed by atoms with E-state index < -0.39 is 30.4 Å². The maximum atomic E-state index is 12.3. The first kappa shape index (κ1) is 17.7. The van der Waals surface area contributed by atoms with Gasteiger partial charge in [-0.1, -0.05) is 0 Å². The van der Waals surface area contributed by atoms with Crippen LogP contribution in [0.5, 0.6) is 0 Å². The minimum Gasteiger partial charge on any atom is -0.444 e. The summed E-state index contributed by atoms with van der Waals surface area (Å²) >= 11 is 0.875. The van der Waals surface area contributed by atoms with Crippen molar-refractivity contribution in [1.29, 1.82) is 0 Å². The fourth-order valence-corrected chi connectivity index (χ4v) is 2.34. The van der Waals surface area contributed by atoms with Crippen molar-refractivity contribution >= 4 is 22.6 Å². The SMILES string of the molecule is Cc1nc(NC(=O)OC(C)(C)C)sc1CC(O)C(F)(F)F. The average Bonchev–Trinajstić information content (AvgIpc) is 2.54. The smallest absolute Gasteiger partial charge is 0.414 e. The van der Waals surface area contributed by atoms with Gasteiger partial charge in [0.25, 0.3) is 0 Å². The normalized spacial score (nSPS) is 13.9. The Labute approximate surface area is 124 Å². The number of alkyl halides is 3. The van der Waals surface area contributed by atoms with Crippen LogP contribution < -0.4 is 5.32 Å². The van der Waals surface area contributed by atoms with E-state index in [1.165, 1.54) is 6.92 Å². The van der Waals surface area contributed by atoms with E-state index >= 15 is 0 Å². The molecule has 1 heterocycles. The van der Waals surface area contributed by atoms with Crippen LogP contribution in [0, 0.1) is 6.92 Å². The van der Waals surface area contributed by atoms with E-state index in [1.807, 2.05) is 0 Å². The molecule has 0 saturated heterocycles. The molecule has 0 fully saturated rings. The molecule has 21 heavy (non-hydrogen) atoms. The van der Waals surface area contributed by atoms with E-state index in [1.54, 1.807) is 20.8 Å². The number of aliphatic hydroxyl groups is 1. The number of halogens is 3. The molecule has 1 atom stereocenters. The molecular weight excluding hydrogens is 309 g/mol. The van der Waals surface area contributed by atoms with Gasteiger partial charge in [-0.25, -0.2) is 9.78 Å². The Morgan fingerprint density at radius 2 is 2.00 bits per heavy atom. The molecule has 1 amide bonds. The highest BCUT2D eigenvalue weighted by Gasteiger charge is 2.38. The lowest BCUT2D eigenvalue weighted by Crippen LogP contribution is -2.30. The number of amides is 1. The van der Waals surface area contributed by atoms with Crippen molar-refractivity contribution in [3.8, 4) is 0 Å². The van der Waals surface area contributed by atoms with Crippen molar-refractivity contribution in [3.05, 3.63) is 10.6 Å². The van der Waals surface area contributed by atoms with E-state index in [2.05, 4.69) is 10.3 Å². The molecule has 0 aromatic carbocycles. The van der Waals surface area contributed by atoms with Gasteiger partial charge in [0.15, 0.2) is 11.2 Å².